The van der Waals surface area contributed by atoms with Gasteiger partial charge >= 0.3 is 0 Å². The predicted molar refractivity (Wildman–Crippen MR) is 210 cm³/mol. The Morgan fingerprint density at radius 1 is 0.510 bits per heavy atom. The third kappa shape index (κ3) is 5.66. The summed E-state index contributed by atoms with van der Waals surface area (Å²) in [5.74, 6) is -1.67. The molecule has 0 saturated carbocycles. The Morgan fingerprint density at radius 2 is 0.882 bits per heavy atom. The Bertz CT molecular complexity index is 2500. The highest BCUT2D eigenvalue weighted by Crippen LogP contribution is 2.62. The smallest absolute Gasteiger partial charge is 0.274 e. The molecule has 13 heteroatoms. The first kappa shape index (κ1) is 31.3. The van der Waals surface area contributed by atoms with Crippen LogP contribution in [0.3, 0.4) is 0 Å². The van der Waals surface area contributed by atoms with E-state index in [0.29, 0.717) is 11.4 Å². The molecule has 6 aromatic carbocycles. The first-order valence-corrected chi connectivity index (χ1v) is 17.5. The van der Waals surface area contributed by atoms with Crippen LogP contribution in [0.1, 0.15) is 0 Å². The summed E-state index contributed by atoms with van der Waals surface area (Å²) in [5, 5.41) is 17.0. The van der Waals surface area contributed by atoms with Gasteiger partial charge in [-0.1, -0.05) is 82.8 Å². The van der Waals surface area contributed by atoms with Gasteiger partial charge in [0.15, 0.2) is 22.3 Å². The van der Waals surface area contributed by atoms with Crippen LogP contribution in [0.2, 0.25) is 0 Å². The second-order valence-corrected chi connectivity index (χ2v) is 14.6. The zero-order valence-electron chi connectivity index (χ0n) is 26.9. The van der Waals surface area contributed by atoms with Crippen molar-refractivity contribution in [3.63, 3.8) is 0 Å². The van der Waals surface area contributed by atoms with E-state index in [1.54, 1.807) is 10.8 Å². The van der Waals surface area contributed by atoms with E-state index < -0.39 is 21.8 Å². The summed E-state index contributed by atoms with van der Waals surface area (Å²) in [6.45, 7) is 0. The highest BCUT2D eigenvalue weighted by molar-refractivity contribution is 8.60. The summed E-state index contributed by atoms with van der Waals surface area (Å²) < 4.78 is 0. The number of amidine groups is 2. The van der Waals surface area contributed by atoms with Crippen molar-refractivity contribution in [3.8, 4) is 0 Å². The number of nitrogens with zero attached hydrogens (tertiary/aromatic N) is 4. The number of amides is 2. The number of nitrogens with two attached hydrogens (primary N) is 4. The topological polar surface area (TPSA) is 212 Å². The molecule has 12 nitrogen and oxygen atoms in total. The first-order chi connectivity index (χ1) is 24.7. The summed E-state index contributed by atoms with van der Waals surface area (Å²) in [4.78, 5) is 45.4. The second kappa shape index (κ2) is 12.2. The average Bonchev–Trinajstić information content (AvgIpc) is 3.66. The Hall–Kier alpha value is -6.99. The number of guanidine groups is 2. The van der Waals surface area contributed by atoms with Gasteiger partial charge in [0, 0.05) is 33.0 Å². The first-order valence-electron chi connectivity index (χ1n) is 15.8. The van der Waals surface area contributed by atoms with Crippen molar-refractivity contribution in [2.24, 2.45) is 42.9 Å². The van der Waals surface area contributed by atoms with E-state index in [2.05, 4.69) is 42.7 Å². The molecule has 10 N–H and O–H groups in total. The Balaban J connectivity index is 1.17. The van der Waals surface area contributed by atoms with Gasteiger partial charge in [0.2, 0.25) is 0 Å². The number of carbonyl (C=O) groups excluding carboxylic acids is 2. The maximum Gasteiger partial charge on any atom is 0.274 e. The highest BCUT2D eigenvalue weighted by atomic mass is 32.3. The van der Waals surface area contributed by atoms with Gasteiger partial charge in [-0.2, -0.15) is 9.98 Å². The van der Waals surface area contributed by atoms with Gasteiger partial charge in [-0.3, -0.25) is 9.59 Å². The quantitative estimate of drug-likeness (QED) is 0.0781. The minimum Gasteiger partial charge on any atom is -0.370 e. The SMILES string of the molecule is NC(N)=NC1=NC(C(=O)Nc2cccc3cc4ccccc4cc23)=CS12C=C(C(=O)Nc1cccc3cc4ccccc4cc13)N=C2N=C(N)N. The second-order valence-electron chi connectivity index (χ2n) is 11.9. The Morgan fingerprint density at radius 3 is 1.27 bits per heavy atom. The fraction of sp³-hybridized carbons (Fsp3) is 0. The van der Waals surface area contributed by atoms with Crippen LogP contribution in [0.4, 0.5) is 11.4 Å². The van der Waals surface area contributed by atoms with Gasteiger partial charge in [0.1, 0.15) is 11.4 Å². The molecule has 6 aromatic rings. The molecule has 2 aliphatic rings. The van der Waals surface area contributed by atoms with Crippen molar-refractivity contribution in [2.75, 3.05) is 10.6 Å². The van der Waals surface area contributed by atoms with Crippen LogP contribution < -0.4 is 33.6 Å². The number of benzene rings is 6. The molecule has 0 saturated heterocycles. The molecule has 0 aliphatic carbocycles. The number of hydrogen-bond acceptors (Lipinski definition) is 6. The molecule has 0 aromatic heterocycles. The van der Waals surface area contributed by atoms with E-state index in [0.717, 1.165) is 43.1 Å². The third-order valence-corrected chi connectivity index (χ3v) is 11.3. The number of carbonyl (C=O) groups is 2. The molecule has 8 rings (SSSR count). The Labute approximate surface area is 292 Å². The minimum atomic E-state index is -2.75. The fourth-order valence-corrected chi connectivity index (χ4v) is 8.93. The molecule has 0 bridgehead atoms. The van der Waals surface area contributed by atoms with E-state index in [4.69, 9.17) is 22.9 Å². The van der Waals surface area contributed by atoms with E-state index in [1.807, 2.05) is 97.1 Å². The number of nitrogens with one attached hydrogen (secondary N) is 2. The Kier molecular flexibility index (Phi) is 7.46. The lowest BCUT2D eigenvalue weighted by Crippen LogP contribution is -2.27. The average molecular weight is 691 g/mol. The molecular formula is C38H30N10O2S. The lowest BCUT2D eigenvalue weighted by atomic mass is 10.0. The van der Waals surface area contributed by atoms with Gasteiger partial charge in [-0.05, 0) is 68.7 Å². The lowest BCUT2D eigenvalue weighted by molar-refractivity contribution is -0.113. The van der Waals surface area contributed by atoms with E-state index in [-0.39, 0.29) is 33.6 Å². The molecule has 51 heavy (non-hydrogen) atoms. The molecule has 2 aliphatic heterocycles. The van der Waals surface area contributed by atoms with E-state index in [1.165, 1.54) is 0 Å². The van der Waals surface area contributed by atoms with Crippen molar-refractivity contribution in [1.29, 1.82) is 0 Å². The van der Waals surface area contributed by atoms with Gasteiger partial charge in [-0.15, -0.1) is 0 Å². The number of anilines is 2. The maximum absolute atomic E-state index is 13.9. The van der Waals surface area contributed by atoms with Gasteiger partial charge in [0.05, 0.1) is 0 Å². The molecule has 0 unspecified atom stereocenters. The molecule has 0 atom stereocenters. The summed E-state index contributed by atoms with van der Waals surface area (Å²) in [6.07, 6.45) is 0. The molecule has 1 spiro atoms. The molecule has 0 fully saturated rings. The number of fused-ring (bicyclic) bond motifs is 4. The van der Waals surface area contributed by atoms with Crippen molar-refractivity contribution in [3.05, 3.63) is 131 Å². The zero-order chi connectivity index (χ0) is 35.3. The third-order valence-electron chi connectivity index (χ3n) is 8.54. The summed E-state index contributed by atoms with van der Waals surface area (Å²) in [7, 11) is -2.75. The number of hydrogen-bond donors (Lipinski definition) is 6. The summed E-state index contributed by atoms with van der Waals surface area (Å²) >= 11 is 0. The van der Waals surface area contributed by atoms with Gasteiger partial charge < -0.3 is 33.6 Å². The summed E-state index contributed by atoms with van der Waals surface area (Å²) in [6, 6.07) is 35.5. The number of rotatable bonds is 4. The normalized spacial score (nSPS) is 15.2. The molecule has 0 radical (unpaired) electrons. The fourth-order valence-electron chi connectivity index (χ4n) is 6.24. The minimum absolute atomic E-state index is 0.000116. The van der Waals surface area contributed by atoms with Crippen molar-refractivity contribution in [1.82, 2.24) is 0 Å². The molecular weight excluding hydrogens is 661 g/mol. The van der Waals surface area contributed by atoms with Crippen LogP contribution in [-0.2, 0) is 9.59 Å². The van der Waals surface area contributed by atoms with Crippen molar-refractivity contribution in [2.45, 2.75) is 0 Å². The number of aliphatic imine (C=N–C) groups is 4. The lowest BCUT2D eigenvalue weighted by Gasteiger charge is -2.24. The van der Waals surface area contributed by atoms with E-state index in [9.17, 15) is 9.59 Å². The van der Waals surface area contributed by atoms with E-state index >= 15 is 0 Å². The van der Waals surface area contributed by atoms with Crippen molar-refractivity contribution >= 4 is 98.6 Å². The van der Waals surface area contributed by atoms with Crippen LogP contribution in [-0.4, -0.2) is 34.1 Å². The highest BCUT2D eigenvalue weighted by Gasteiger charge is 2.44. The predicted octanol–water partition coefficient (Wildman–Crippen LogP) is 5.65. The zero-order valence-corrected chi connectivity index (χ0v) is 27.7. The largest absolute Gasteiger partial charge is 0.370 e. The standard InChI is InChI=1S/C38H30N10O2S/c39-35(40)47-37-45-31(33(49)43-29-13-5-11-25-15-21-7-1-3-9-23(21)17-27(25)29)19-51(37)20-32(46-38(51)48-36(41)42)34(50)44-30-14-6-12-26-16-22-8-2-4-10-24(22)18-28(26)30/h1-20H,(H,43,49)(H,44,50)(H4,39,40,45,47)(H4,41,42,46,48). The van der Waals surface area contributed by atoms with Crippen LogP contribution in [0.25, 0.3) is 43.1 Å². The summed E-state index contributed by atoms with van der Waals surface area (Å²) in [5.41, 5.74) is 24.5. The van der Waals surface area contributed by atoms with Crippen LogP contribution >= 0.6 is 10.0 Å². The molecule has 2 heterocycles. The van der Waals surface area contributed by atoms with Gasteiger partial charge in [0.25, 0.3) is 11.8 Å². The van der Waals surface area contributed by atoms with Crippen LogP contribution in [0.15, 0.2) is 151 Å². The van der Waals surface area contributed by atoms with Crippen molar-refractivity contribution < 1.29 is 9.59 Å². The van der Waals surface area contributed by atoms with Crippen LogP contribution in [0, 0.1) is 0 Å². The molecule has 250 valence electrons. The van der Waals surface area contributed by atoms with Gasteiger partial charge in [-0.25, -0.2) is 9.98 Å². The molecule has 2 amide bonds. The van der Waals surface area contributed by atoms with Crippen LogP contribution in [0.5, 0.6) is 0 Å². The maximum atomic E-state index is 13.9. The monoisotopic (exact) mass is 690 g/mol.